The molecule has 0 bridgehead atoms. The predicted molar refractivity (Wildman–Crippen MR) is 147 cm³/mol. The number of carbonyl (C=O) groups is 2. The van der Waals surface area contributed by atoms with Crippen LogP contribution < -0.4 is 10.6 Å². The number of anilines is 1. The van der Waals surface area contributed by atoms with E-state index in [4.69, 9.17) is 9.72 Å². The lowest BCUT2D eigenvalue weighted by Crippen LogP contribution is -2.33. The highest BCUT2D eigenvalue weighted by molar-refractivity contribution is 6.06. The average molecular weight is 518 g/mol. The highest BCUT2D eigenvalue weighted by Gasteiger charge is 2.24. The maximum absolute atomic E-state index is 12.8. The summed E-state index contributed by atoms with van der Waals surface area (Å²) in [6.07, 6.45) is 3.41. The summed E-state index contributed by atoms with van der Waals surface area (Å²) in [5.74, 6) is 1.26. The summed E-state index contributed by atoms with van der Waals surface area (Å²) in [5.41, 5.74) is 3.53. The molecule has 0 radical (unpaired) electrons. The molecule has 1 unspecified atom stereocenters. The van der Waals surface area contributed by atoms with Crippen LogP contribution in [0.1, 0.15) is 49.8 Å². The van der Waals surface area contributed by atoms with Crippen LogP contribution in [0.5, 0.6) is 0 Å². The minimum absolute atomic E-state index is 0.171. The molecule has 2 aromatic carbocycles. The van der Waals surface area contributed by atoms with Crippen LogP contribution in [0.15, 0.2) is 42.6 Å². The van der Waals surface area contributed by atoms with Crippen LogP contribution in [0.25, 0.3) is 21.9 Å². The van der Waals surface area contributed by atoms with Crippen LogP contribution in [0, 0.1) is 5.92 Å². The fourth-order valence-corrected chi connectivity index (χ4v) is 4.92. The second-order valence-electron chi connectivity index (χ2n) is 11.0. The van der Waals surface area contributed by atoms with Gasteiger partial charge in [-0.2, -0.15) is 5.10 Å². The lowest BCUT2D eigenvalue weighted by molar-refractivity contribution is 0.0525. The van der Waals surface area contributed by atoms with Gasteiger partial charge < -0.3 is 20.4 Å². The number of H-pyrrole nitrogens is 1. The summed E-state index contributed by atoms with van der Waals surface area (Å²) in [7, 11) is 1.88. The molecule has 38 heavy (non-hydrogen) atoms. The Morgan fingerprint density at radius 3 is 2.84 bits per heavy atom. The van der Waals surface area contributed by atoms with Crippen molar-refractivity contribution in [1.82, 2.24) is 30.0 Å². The molecular weight excluding hydrogens is 482 g/mol. The Balaban J connectivity index is 1.14. The Hall–Kier alpha value is -3.92. The second kappa shape index (κ2) is 10.4. The molecule has 1 atom stereocenters. The van der Waals surface area contributed by atoms with E-state index in [1.807, 2.05) is 58.2 Å². The molecule has 1 aliphatic rings. The van der Waals surface area contributed by atoms with Crippen molar-refractivity contribution >= 4 is 39.6 Å². The number of rotatable bonds is 7. The van der Waals surface area contributed by atoms with E-state index in [1.54, 1.807) is 16.9 Å². The summed E-state index contributed by atoms with van der Waals surface area (Å²) in [6, 6.07) is 11.3. The fourth-order valence-electron chi connectivity index (χ4n) is 4.92. The molecule has 1 fully saturated rings. The van der Waals surface area contributed by atoms with Gasteiger partial charge in [-0.05, 0) is 82.5 Å². The maximum Gasteiger partial charge on any atom is 0.407 e. The van der Waals surface area contributed by atoms with E-state index < -0.39 is 5.60 Å². The van der Waals surface area contributed by atoms with E-state index in [0.29, 0.717) is 23.7 Å². The summed E-state index contributed by atoms with van der Waals surface area (Å²) in [5, 5.41) is 11.0. The Morgan fingerprint density at radius 1 is 1.18 bits per heavy atom. The zero-order valence-electron chi connectivity index (χ0n) is 22.4. The number of aromatic nitrogens is 4. The number of nitrogens with one attached hydrogen (secondary N) is 3. The monoisotopic (exact) mass is 517 g/mol. The molecule has 4 aromatic rings. The lowest BCUT2D eigenvalue weighted by Gasteiger charge is -2.20. The van der Waals surface area contributed by atoms with Crippen LogP contribution in [-0.2, 0) is 18.3 Å². The lowest BCUT2D eigenvalue weighted by atomic mass is 10.1. The molecule has 0 aliphatic carbocycles. The van der Waals surface area contributed by atoms with Gasteiger partial charge in [0.2, 0.25) is 0 Å². The van der Waals surface area contributed by atoms with Crippen molar-refractivity contribution in [2.75, 3.05) is 25.0 Å². The number of benzene rings is 2. The number of amides is 2. The van der Waals surface area contributed by atoms with E-state index in [-0.39, 0.29) is 12.0 Å². The molecule has 3 heterocycles. The quantitative estimate of drug-likeness (QED) is 0.334. The van der Waals surface area contributed by atoms with Gasteiger partial charge in [-0.15, -0.1) is 0 Å². The zero-order chi connectivity index (χ0) is 26.9. The van der Waals surface area contributed by atoms with E-state index in [2.05, 4.69) is 25.6 Å². The number of aryl methyl sites for hydroxylation is 1. The first kappa shape index (κ1) is 25.7. The molecule has 5 rings (SSSR count). The smallest absolute Gasteiger partial charge is 0.407 e. The van der Waals surface area contributed by atoms with Crippen LogP contribution >= 0.6 is 0 Å². The molecule has 1 aliphatic heterocycles. The largest absolute Gasteiger partial charge is 0.444 e. The van der Waals surface area contributed by atoms with Gasteiger partial charge in [0.25, 0.3) is 5.91 Å². The zero-order valence-corrected chi connectivity index (χ0v) is 22.4. The van der Waals surface area contributed by atoms with Crippen molar-refractivity contribution in [3.05, 3.63) is 54.0 Å². The molecule has 2 amide bonds. The third-order valence-corrected chi connectivity index (χ3v) is 6.76. The Labute approximate surface area is 221 Å². The fraction of sp³-hybridized carbons (Fsp3) is 0.429. The summed E-state index contributed by atoms with van der Waals surface area (Å²) in [6.45, 7) is 8.90. The molecule has 0 spiro atoms. The molecule has 3 N–H and O–H groups in total. The summed E-state index contributed by atoms with van der Waals surface area (Å²) in [4.78, 5) is 35.2. The second-order valence-corrected chi connectivity index (χ2v) is 11.0. The number of alkyl carbamates (subject to hydrolysis) is 1. The molecular formula is C28H35N7O3. The van der Waals surface area contributed by atoms with Gasteiger partial charge in [-0.1, -0.05) is 0 Å². The molecule has 200 valence electrons. The van der Waals surface area contributed by atoms with Crippen molar-refractivity contribution in [2.45, 2.75) is 45.8 Å². The van der Waals surface area contributed by atoms with Crippen molar-refractivity contribution in [3.8, 4) is 0 Å². The van der Waals surface area contributed by atoms with Crippen LogP contribution in [0.4, 0.5) is 10.5 Å². The summed E-state index contributed by atoms with van der Waals surface area (Å²) < 4.78 is 7.08. The minimum atomic E-state index is -0.484. The number of ether oxygens (including phenoxy) is 1. The normalized spacial score (nSPS) is 16.3. The number of imidazole rings is 1. The van der Waals surface area contributed by atoms with E-state index in [0.717, 1.165) is 60.2 Å². The van der Waals surface area contributed by atoms with Gasteiger partial charge >= 0.3 is 6.09 Å². The molecule has 10 nitrogen and oxygen atoms in total. The number of hydrogen-bond acceptors (Lipinski definition) is 6. The van der Waals surface area contributed by atoms with Gasteiger partial charge in [-0.3, -0.25) is 14.4 Å². The number of fused-ring (bicyclic) bond motifs is 2. The molecule has 0 saturated carbocycles. The van der Waals surface area contributed by atoms with Crippen molar-refractivity contribution in [1.29, 1.82) is 0 Å². The Morgan fingerprint density at radius 2 is 2.03 bits per heavy atom. The average Bonchev–Trinajstić information content (AvgIpc) is 3.56. The molecule has 2 aromatic heterocycles. The highest BCUT2D eigenvalue weighted by Crippen LogP contribution is 2.23. The van der Waals surface area contributed by atoms with Crippen LogP contribution in [-0.4, -0.2) is 61.9 Å². The first-order valence-electron chi connectivity index (χ1n) is 13.0. The van der Waals surface area contributed by atoms with Crippen molar-refractivity contribution in [2.24, 2.45) is 13.0 Å². The van der Waals surface area contributed by atoms with Crippen LogP contribution in [0.2, 0.25) is 0 Å². The minimum Gasteiger partial charge on any atom is -0.444 e. The number of likely N-dealkylation sites (tertiary alicyclic amines) is 1. The predicted octanol–water partition coefficient (Wildman–Crippen LogP) is 4.44. The van der Waals surface area contributed by atoms with Gasteiger partial charge in [-0.25, -0.2) is 9.78 Å². The molecule has 1 saturated heterocycles. The maximum atomic E-state index is 12.8. The first-order valence-corrected chi connectivity index (χ1v) is 13.0. The topological polar surface area (TPSA) is 117 Å². The van der Waals surface area contributed by atoms with Crippen molar-refractivity contribution in [3.63, 3.8) is 0 Å². The third kappa shape index (κ3) is 6.13. The van der Waals surface area contributed by atoms with E-state index in [9.17, 15) is 9.59 Å². The van der Waals surface area contributed by atoms with Crippen LogP contribution in [0.3, 0.4) is 0 Å². The van der Waals surface area contributed by atoms with Crippen molar-refractivity contribution < 1.29 is 14.3 Å². The number of hydrogen-bond donors (Lipinski definition) is 3. The standard InChI is InChI=1S/C28H35N7O3/c1-28(2,3)38-27(37)29-11-9-18-10-12-35(16-18)17-25-32-22-7-6-21(14-23(22)33-25)31-26(36)19-5-8-24-20(13-19)15-30-34(24)4/h5-8,13-15,18H,9-12,16-17H2,1-4H3,(H,29,37)(H,31,36)(H,32,33). The number of nitrogens with zero attached hydrogens (tertiary/aromatic N) is 4. The van der Waals surface area contributed by atoms with E-state index >= 15 is 0 Å². The number of aromatic amines is 1. The van der Waals surface area contributed by atoms with Gasteiger partial charge in [0.05, 0.1) is 29.3 Å². The third-order valence-electron chi connectivity index (χ3n) is 6.76. The Kier molecular flexibility index (Phi) is 7.07. The highest BCUT2D eigenvalue weighted by atomic mass is 16.6. The SMILES string of the molecule is Cn1ncc2cc(C(=O)Nc3ccc4[nH]c(CN5CCC(CCNC(=O)OC(C)(C)C)C5)nc4c3)ccc21. The molecule has 10 heteroatoms. The summed E-state index contributed by atoms with van der Waals surface area (Å²) >= 11 is 0. The van der Waals surface area contributed by atoms with Gasteiger partial charge in [0, 0.05) is 36.8 Å². The van der Waals surface area contributed by atoms with Gasteiger partial charge in [0.1, 0.15) is 11.4 Å². The Bertz CT molecular complexity index is 1470. The first-order chi connectivity index (χ1) is 18.1. The van der Waals surface area contributed by atoms with E-state index in [1.165, 1.54) is 0 Å². The number of carbonyl (C=O) groups excluding carboxylic acids is 2. The van der Waals surface area contributed by atoms with Gasteiger partial charge in [0.15, 0.2) is 0 Å².